The highest BCUT2D eigenvalue weighted by atomic mass is 79.9. The van der Waals surface area contributed by atoms with Gasteiger partial charge in [-0.05, 0) is 43.0 Å². The monoisotopic (exact) mass is 351 g/mol. The molecular formula is C15H14BrNO4. The molecule has 2 aliphatic rings. The van der Waals surface area contributed by atoms with Crippen LogP contribution in [0.5, 0.6) is 5.75 Å². The van der Waals surface area contributed by atoms with Crippen molar-refractivity contribution in [2.45, 2.75) is 18.9 Å². The van der Waals surface area contributed by atoms with Crippen molar-refractivity contribution < 1.29 is 19.4 Å². The van der Waals surface area contributed by atoms with Gasteiger partial charge in [0.2, 0.25) is 0 Å². The average molecular weight is 352 g/mol. The molecular weight excluding hydrogens is 338 g/mol. The summed E-state index contributed by atoms with van der Waals surface area (Å²) in [5.41, 5.74) is 1.24. The van der Waals surface area contributed by atoms with E-state index in [9.17, 15) is 9.59 Å². The Labute approximate surface area is 130 Å². The van der Waals surface area contributed by atoms with Gasteiger partial charge in [0.1, 0.15) is 18.4 Å². The van der Waals surface area contributed by atoms with Gasteiger partial charge in [-0.15, -0.1) is 0 Å². The number of amides is 1. The summed E-state index contributed by atoms with van der Waals surface area (Å²) in [4.78, 5) is 23.4. The molecule has 3 rings (SSSR count). The topological polar surface area (TPSA) is 75.6 Å². The molecule has 0 radical (unpaired) electrons. The van der Waals surface area contributed by atoms with Gasteiger partial charge in [0, 0.05) is 10.0 Å². The summed E-state index contributed by atoms with van der Waals surface area (Å²) >= 11 is 3.37. The number of aliphatic carboxylic acids is 1. The number of hydrogen-bond donors (Lipinski definition) is 2. The van der Waals surface area contributed by atoms with Crippen LogP contribution in [-0.4, -0.2) is 29.6 Å². The standard InChI is InChI=1S/C15H14BrNO4/c16-11-3-4-12-9(6-11)5-10(7-21-12)14(18)17-13(15(19)20)8-1-2-8/h3-6,8,13H,1-2,7H2,(H,17,18)(H,19,20). The highest BCUT2D eigenvalue weighted by Crippen LogP contribution is 2.33. The Morgan fingerprint density at radius 3 is 2.81 bits per heavy atom. The number of fused-ring (bicyclic) bond motifs is 1. The predicted octanol–water partition coefficient (Wildman–Crippen LogP) is 2.20. The van der Waals surface area contributed by atoms with Crippen molar-refractivity contribution in [2.75, 3.05) is 6.61 Å². The number of halogens is 1. The molecule has 0 spiro atoms. The normalized spacial score (nSPS) is 18.0. The Morgan fingerprint density at radius 1 is 1.38 bits per heavy atom. The number of nitrogens with one attached hydrogen (secondary N) is 1. The van der Waals surface area contributed by atoms with Gasteiger partial charge in [-0.3, -0.25) is 4.79 Å². The van der Waals surface area contributed by atoms with Crippen LogP contribution in [0, 0.1) is 5.92 Å². The molecule has 1 aliphatic carbocycles. The van der Waals surface area contributed by atoms with E-state index in [2.05, 4.69) is 21.2 Å². The summed E-state index contributed by atoms with van der Waals surface area (Å²) in [6, 6.07) is 4.75. The zero-order chi connectivity index (χ0) is 15.0. The molecule has 0 saturated heterocycles. The fourth-order valence-corrected chi connectivity index (χ4v) is 2.70. The fourth-order valence-electron chi connectivity index (χ4n) is 2.32. The molecule has 1 aromatic rings. The lowest BCUT2D eigenvalue weighted by atomic mass is 10.1. The molecule has 1 aliphatic heterocycles. The highest BCUT2D eigenvalue weighted by molar-refractivity contribution is 9.10. The van der Waals surface area contributed by atoms with Gasteiger partial charge in [0.05, 0.1) is 5.57 Å². The molecule has 0 aromatic heterocycles. The van der Waals surface area contributed by atoms with Crippen molar-refractivity contribution in [3.63, 3.8) is 0 Å². The minimum absolute atomic E-state index is 0.0537. The first-order valence-electron chi connectivity index (χ1n) is 6.71. The lowest BCUT2D eigenvalue weighted by Crippen LogP contribution is -2.43. The summed E-state index contributed by atoms with van der Waals surface area (Å²) < 4.78 is 6.43. The van der Waals surface area contributed by atoms with Crippen LogP contribution >= 0.6 is 15.9 Å². The van der Waals surface area contributed by atoms with Crippen molar-refractivity contribution in [3.05, 3.63) is 33.8 Å². The largest absolute Gasteiger partial charge is 0.488 e. The number of carboxylic acids is 1. The molecule has 6 heteroatoms. The maximum atomic E-state index is 12.2. The van der Waals surface area contributed by atoms with Gasteiger partial charge in [-0.1, -0.05) is 15.9 Å². The van der Waals surface area contributed by atoms with E-state index < -0.39 is 12.0 Å². The molecule has 5 nitrogen and oxygen atoms in total. The van der Waals surface area contributed by atoms with Gasteiger partial charge in [0.15, 0.2) is 0 Å². The van der Waals surface area contributed by atoms with E-state index >= 15 is 0 Å². The zero-order valence-electron chi connectivity index (χ0n) is 11.1. The summed E-state index contributed by atoms with van der Waals surface area (Å²) in [6.45, 7) is 0.150. The lowest BCUT2D eigenvalue weighted by molar-refractivity contribution is -0.142. The van der Waals surface area contributed by atoms with Crippen LogP contribution in [0.3, 0.4) is 0 Å². The second-order valence-corrected chi connectivity index (χ2v) is 6.18. The number of carbonyl (C=O) groups excluding carboxylic acids is 1. The summed E-state index contributed by atoms with van der Waals surface area (Å²) in [7, 11) is 0. The van der Waals surface area contributed by atoms with Gasteiger partial charge < -0.3 is 15.2 Å². The van der Waals surface area contributed by atoms with E-state index in [0.717, 1.165) is 22.9 Å². The third kappa shape index (κ3) is 3.10. The smallest absolute Gasteiger partial charge is 0.326 e. The van der Waals surface area contributed by atoms with Crippen molar-refractivity contribution in [1.82, 2.24) is 5.32 Å². The SMILES string of the molecule is O=C(NC(C(=O)O)C1CC1)C1=Cc2cc(Br)ccc2OC1. The van der Waals surface area contributed by atoms with Crippen molar-refractivity contribution >= 4 is 33.9 Å². The molecule has 1 fully saturated rings. The second-order valence-electron chi connectivity index (χ2n) is 5.27. The fraction of sp³-hybridized carbons (Fsp3) is 0.333. The Kier molecular flexibility index (Phi) is 3.71. The zero-order valence-corrected chi connectivity index (χ0v) is 12.7. The minimum atomic E-state index is -0.980. The first kappa shape index (κ1) is 14.1. The number of carbonyl (C=O) groups is 2. The Morgan fingerprint density at radius 2 is 2.14 bits per heavy atom. The van der Waals surface area contributed by atoms with E-state index in [1.54, 1.807) is 6.08 Å². The van der Waals surface area contributed by atoms with Crippen LogP contribution in [0.1, 0.15) is 18.4 Å². The van der Waals surface area contributed by atoms with Crippen molar-refractivity contribution in [3.8, 4) is 5.75 Å². The number of carboxylic acid groups (broad SMARTS) is 1. The quantitative estimate of drug-likeness (QED) is 0.871. The van der Waals surface area contributed by atoms with Crippen LogP contribution in [0.15, 0.2) is 28.2 Å². The highest BCUT2D eigenvalue weighted by Gasteiger charge is 2.37. The van der Waals surface area contributed by atoms with E-state index in [-0.39, 0.29) is 18.4 Å². The molecule has 0 bridgehead atoms. The van der Waals surface area contributed by atoms with Gasteiger partial charge >= 0.3 is 5.97 Å². The van der Waals surface area contributed by atoms with Gasteiger partial charge in [-0.2, -0.15) is 0 Å². The van der Waals surface area contributed by atoms with Crippen LogP contribution in [0.2, 0.25) is 0 Å². The van der Waals surface area contributed by atoms with Crippen molar-refractivity contribution in [2.24, 2.45) is 5.92 Å². The molecule has 1 atom stereocenters. The predicted molar refractivity (Wildman–Crippen MR) is 79.9 cm³/mol. The van der Waals surface area contributed by atoms with Crippen LogP contribution in [-0.2, 0) is 9.59 Å². The molecule has 1 amide bonds. The number of hydrogen-bond acceptors (Lipinski definition) is 3. The van der Waals surface area contributed by atoms with E-state index in [1.165, 1.54) is 0 Å². The summed E-state index contributed by atoms with van der Waals surface area (Å²) in [6.07, 6.45) is 3.44. The third-order valence-electron chi connectivity index (χ3n) is 3.62. The van der Waals surface area contributed by atoms with E-state index in [0.29, 0.717) is 11.3 Å². The lowest BCUT2D eigenvalue weighted by Gasteiger charge is -2.20. The molecule has 2 N–H and O–H groups in total. The summed E-state index contributed by atoms with van der Waals surface area (Å²) in [5.74, 6) is -0.587. The molecule has 1 saturated carbocycles. The summed E-state index contributed by atoms with van der Waals surface area (Å²) in [5, 5.41) is 11.7. The minimum Gasteiger partial charge on any atom is -0.488 e. The second kappa shape index (κ2) is 5.52. The average Bonchev–Trinajstić information content (AvgIpc) is 3.27. The van der Waals surface area contributed by atoms with Gasteiger partial charge in [0.25, 0.3) is 5.91 Å². The van der Waals surface area contributed by atoms with Gasteiger partial charge in [-0.25, -0.2) is 4.79 Å². The van der Waals surface area contributed by atoms with E-state index in [4.69, 9.17) is 9.84 Å². The first-order chi connectivity index (χ1) is 10.0. The van der Waals surface area contributed by atoms with Crippen LogP contribution in [0.25, 0.3) is 6.08 Å². The van der Waals surface area contributed by atoms with Crippen LogP contribution < -0.4 is 10.1 Å². The Hall–Kier alpha value is -1.82. The molecule has 1 heterocycles. The maximum absolute atomic E-state index is 12.2. The number of rotatable bonds is 4. The Bertz CT molecular complexity index is 637. The molecule has 21 heavy (non-hydrogen) atoms. The van der Waals surface area contributed by atoms with E-state index in [1.807, 2.05) is 18.2 Å². The third-order valence-corrected chi connectivity index (χ3v) is 4.12. The maximum Gasteiger partial charge on any atom is 0.326 e. The molecule has 1 unspecified atom stereocenters. The Balaban J connectivity index is 1.77. The van der Waals surface area contributed by atoms with Crippen molar-refractivity contribution in [1.29, 1.82) is 0 Å². The number of ether oxygens (including phenoxy) is 1. The van der Waals surface area contributed by atoms with Crippen LogP contribution in [0.4, 0.5) is 0 Å². The molecule has 110 valence electrons. The first-order valence-corrected chi connectivity index (χ1v) is 7.50. The molecule has 1 aromatic carbocycles. The number of benzene rings is 1.